The molecule has 3 aliphatic rings. The van der Waals surface area contributed by atoms with Gasteiger partial charge in [0, 0.05) is 51.4 Å². The molecule has 3 aliphatic heterocycles. The van der Waals surface area contributed by atoms with Crippen molar-refractivity contribution < 1.29 is 9.53 Å². The van der Waals surface area contributed by atoms with E-state index in [0.717, 1.165) is 58.8 Å². The van der Waals surface area contributed by atoms with Crippen LogP contribution >= 0.6 is 11.3 Å². The molecule has 0 bridgehead atoms. The minimum Gasteiger partial charge on any atom is -0.381 e. The first-order valence-electron chi connectivity index (χ1n) is 8.87. The zero-order chi connectivity index (χ0) is 15.7. The van der Waals surface area contributed by atoms with Gasteiger partial charge in [-0.2, -0.15) is 11.3 Å². The van der Waals surface area contributed by atoms with E-state index < -0.39 is 0 Å². The number of ether oxygens (including phenoxy) is 1. The smallest absolute Gasteiger partial charge is 0.227 e. The van der Waals surface area contributed by atoms with Gasteiger partial charge < -0.3 is 9.64 Å². The van der Waals surface area contributed by atoms with Crippen molar-refractivity contribution in [2.75, 3.05) is 39.4 Å². The molecule has 3 saturated heterocycles. The summed E-state index contributed by atoms with van der Waals surface area (Å²) >= 11 is 1.76. The lowest BCUT2D eigenvalue weighted by Crippen LogP contribution is -2.45. The molecule has 1 aromatic heterocycles. The van der Waals surface area contributed by atoms with Gasteiger partial charge in [0.2, 0.25) is 5.91 Å². The number of thiophene rings is 1. The second-order valence-electron chi connectivity index (χ2n) is 7.36. The summed E-state index contributed by atoms with van der Waals surface area (Å²) in [6, 6.07) is 2.21. The second-order valence-corrected chi connectivity index (χ2v) is 8.14. The lowest BCUT2D eigenvalue weighted by atomic mass is 9.71. The van der Waals surface area contributed by atoms with Crippen LogP contribution in [0.2, 0.25) is 0 Å². The minimum atomic E-state index is 0.147. The highest BCUT2D eigenvalue weighted by atomic mass is 32.1. The lowest BCUT2D eigenvalue weighted by molar-refractivity contribution is -0.139. The Bertz CT molecular complexity index is 533. The first-order valence-corrected chi connectivity index (χ1v) is 9.81. The predicted octanol–water partition coefficient (Wildman–Crippen LogP) is 2.60. The van der Waals surface area contributed by atoms with E-state index in [-0.39, 0.29) is 11.3 Å². The van der Waals surface area contributed by atoms with Crippen molar-refractivity contribution in [3.8, 4) is 0 Å². The van der Waals surface area contributed by atoms with Gasteiger partial charge in [-0.25, -0.2) is 0 Å². The Hall–Kier alpha value is -0.910. The first kappa shape index (κ1) is 15.6. The Balaban J connectivity index is 1.52. The van der Waals surface area contributed by atoms with Crippen LogP contribution in [-0.4, -0.2) is 55.1 Å². The average Bonchev–Trinajstić information content (AvgIpc) is 3.30. The highest BCUT2D eigenvalue weighted by molar-refractivity contribution is 7.07. The second kappa shape index (κ2) is 6.54. The molecular weight excluding hydrogens is 308 g/mol. The summed E-state index contributed by atoms with van der Waals surface area (Å²) in [5.74, 6) is 0.584. The molecule has 0 aliphatic carbocycles. The van der Waals surface area contributed by atoms with Crippen molar-refractivity contribution in [1.82, 2.24) is 9.80 Å². The summed E-state index contributed by atoms with van der Waals surface area (Å²) in [4.78, 5) is 17.8. The Morgan fingerprint density at radius 1 is 1.30 bits per heavy atom. The quantitative estimate of drug-likeness (QED) is 0.852. The molecule has 4 heterocycles. The molecule has 0 aromatic carbocycles. The maximum atomic E-state index is 13.1. The maximum Gasteiger partial charge on any atom is 0.227 e. The van der Waals surface area contributed by atoms with E-state index in [1.807, 2.05) is 0 Å². The SMILES string of the molecule is O=C([C@H]1CN(Cc2ccsc2)CC12CCOCC2)N1CCCC1. The van der Waals surface area contributed by atoms with Crippen LogP contribution in [0.3, 0.4) is 0 Å². The van der Waals surface area contributed by atoms with Gasteiger partial charge >= 0.3 is 0 Å². The van der Waals surface area contributed by atoms with Crippen molar-refractivity contribution >= 4 is 17.2 Å². The Kier molecular flexibility index (Phi) is 4.43. The third-order valence-corrected chi connectivity index (χ3v) is 6.64. The van der Waals surface area contributed by atoms with Gasteiger partial charge in [0.25, 0.3) is 0 Å². The number of carbonyl (C=O) groups is 1. The van der Waals surface area contributed by atoms with Crippen molar-refractivity contribution in [3.05, 3.63) is 22.4 Å². The molecule has 1 aromatic rings. The van der Waals surface area contributed by atoms with Crippen LogP contribution in [0.25, 0.3) is 0 Å². The van der Waals surface area contributed by atoms with Gasteiger partial charge in [-0.3, -0.25) is 9.69 Å². The molecule has 126 valence electrons. The molecule has 4 nitrogen and oxygen atoms in total. The number of amides is 1. The fraction of sp³-hybridized carbons (Fsp3) is 0.722. The fourth-order valence-corrected chi connectivity index (χ4v) is 5.28. The Labute approximate surface area is 142 Å². The molecular formula is C18H26N2O2S. The normalized spacial score (nSPS) is 27.8. The average molecular weight is 334 g/mol. The van der Waals surface area contributed by atoms with Crippen LogP contribution in [0.15, 0.2) is 16.8 Å². The van der Waals surface area contributed by atoms with Crippen molar-refractivity contribution in [3.63, 3.8) is 0 Å². The molecule has 23 heavy (non-hydrogen) atoms. The van der Waals surface area contributed by atoms with Crippen LogP contribution in [0, 0.1) is 11.3 Å². The molecule has 1 amide bonds. The monoisotopic (exact) mass is 334 g/mol. The number of rotatable bonds is 3. The van der Waals surface area contributed by atoms with E-state index >= 15 is 0 Å². The molecule has 5 heteroatoms. The molecule has 1 atom stereocenters. The molecule has 0 N–H and O–H groups in total. The van der Waals surface area contributed by atoms with E-state index in [4.69, 9.17) is 4.74 Å². The summed E-state index contributed by atoms with van der Waals surface area (Å²) in [6.07, 6.45) is 4.43. The van der Waals surface area contributed by atoms with E-state index in [9.17, 15) is 4.79 Å². The van der Waals surface area contributed by atoms with Crippen LogP contribution in [0.1, 0.15) is 31.2 Å². The topological polar surface area (TPSA) is 32.8 Å². The third-order valence-electron chi connectivity index (χ3n) is 5.91. The molecule has 0 radical (unpaired) electrons. The summed E-state index contributed by atoms with van der Waals surface area (Å²) in [5, 5.41) is 4.37. The molecule has 0 saturated carbocycles. The van der Waals surface area contributed by atoms with Gasteiger partial charge in [0.15, 0.2) is 0 Å². The summed E-state index contributed by atoms with van der Waals surface area (Å²) in [5.41, 5.74) is 1.53. The largest absolute Gasteiger partial charge is 0.381 e. The summed E-state index contributed by atoms with van der Waals surface area (Å²) < 4.78 is 5.61. The molecule has 1 spiro atoms. The number of nitrogens with zero attached hydrogens (tertiary/aromatic N) is 2. The number of hydrogen-bond donors (Lipinski definition) is 0. The highest BCUT2D eigenvalue weighted by Gasteiger charge is 2.51. The minimum absolute atomic E-state index is 0.147. The zero-order valence-electron chi connectivity index (χ0n) is 13.7. The number of carbonyl (C=O) groups excluding carboxylic acids is 1. The first-order chi connectivity index (χ1) is 11.3. The third kappa shape index (κ3) is 3.06. The maximum absolute atomic E-state index is 13.1. The number of likely N-dealkylation sites (tertiary alicyclic amines) is 2. The Morgan fingerprint density at radius 3 is 2.78 bits per heavy atom. The summed E-state index contributed by atoms with van der Waals surface area (Å²) in [6.45, 7) is 6.52. The highest BCUT2D eigenvalue weighted by Crippen LogP contribution is 2.45. The van der Waals surface area contributed by atoms with Crippen LogP contribution in [0.5, 0.6) is 0 Å². The Morgan fingerprint density at radius 2 is 2.09 bits per heavy atom. The van der Waals surface area contributed by atoms with Crippen molar-refractivity contribution in [1.29, 1.82) is 0 Å². The lowest BCUT2D eigenvalue weighted by Gasteiger charge is -2.38. The molecule has 4 rings (SSSR count). The fourth-order valence-electron chi connectivity index (χ4n) is 4.62. The van der Waals surface area contributed by atoms with Gasteiger partial charge in [0.1, 0.15) is 0 Å². The van der Waals surface area contributed by atoms with E-state index in [2.05, 4.69) is 26.6 Å². The molecule has 3 fully saturated rings. The van der Waals surface area contributed by atoms with E-state index in [1.165, 1.54) is 18.4 Å². The van der Waals surface area contributed by atoms with Gasteiger partial charge in [-0.05, 0) is 48.1 Å². The predicted molar refractivity (Wildman–Crippen MR) is 91.4 cm³/mol. The van der Waals surface area contributed by atoms with Crippen molar-refractivity contribution in [2.45, 2.75) is 32.2 Å². The van der Waals surface area contributed by atoms with E-state index in [0.29, 0.717) is 5.91 Å². The van der Waals surface area contributed by atoms with Crippen LogP contribution in [-0.2, 0) is 16.1 Å². The standard InChI is InChI=1S/C18H26N2O2S/c21-17(20-6-1-2-7-20)16-12-19(11-15-3-10-23-13-15)14-18(16)4-8-22-9-5-18/h3,10,13,16H,1-2,4-9,11-12,14H2/t16-/m1/s1. The number of hydrogen-bond acceptors (Lipinski definition) is 4. The summed E-state index contributed by atoms with van der Waals surface area (Å²) in [7, 11) is 0. The van der Waals surface area contributed by atoms with E-state index in [1.54, 1.807) is 11.3 Å². The zero-order valence-corrected chi connectivity index (χ0v) is 14.5. The van der Waals surface area contributed by atoms with Gasteiger partial charge in [-0.15, -0.1) is 0 Å². The van der Waals surface area contributed by atoms with Gasteiger partial charge in [0.05, 0.1) is 5.92 Å². The van der Waals surface area contributed by atoms with Crippen LogP contribution in [0.4, 0.5) is 0 Å². The van der Waals surface area contributed by atoms with Crippen LogP contribution < -0.4 is 0 Å². The van der Waals surface area contributed by atoms with Crippen molar-refractivity contribution in [2.24, 2.45) is 11.3 Å². The molecule has 0 unspecified atom stereocenters. The van der Waals surface area contributed by atoms with Gasteiger partial charge in [-0.1, -0.05) is 0 Å².